The Morgan fingerprint density at radius 2 is 2.00 bits per heavy atom. The van der Waals surface area contributed by atoms with Crippen LogP contribution in [0.5, 0.6) is 0 Å². The average Bonchev–Trinajstić information content (AvgIpc) is 2.65. The summed E-state index contributed by atoms with van der Waals surface area (Å²) in [6.45, 7) is 5.27. The topological polar surface area (TPSA) is 40.5 Å². The van der Waals surface area contributed by atoms with Crippen LogP contribution in [0.15, 0.2) is 0 Å². The van der Waals surface area contributed by atoms with Crippen molar-refractivity contribution in [3.63, 3.8) is 0 Å². The van der Waals surface area contributed by atoms with Gasteiger partial charge in [0, 0.05) is 6.04 Å². The van der Waals surface area contributed by atoms with Crippen LogP contribution in [0.1, 0.15) is 52.4 Å². The molecule has 1 aliphatic carbocycles. The molecule has 0 aromatic rings. The summed E-state index contributed by atoms with van der Waals surface area (Å²) in [5.41, 5.74) is -0.561. The van der Waals surface area contributed by atoms with Crippen molar-refractivity contribution >= 4 is 5.97 Å². The molecule has 1 saturated heterocycles. The Bertz CT molecular complexity index is 279. The Morgan fingerprint density at radius 1 is 1.25 bits per heavy atom. The number of hydrogen-bond donors (Lipinski definition) is 1. The molecule has 16 heavy (non-hydrogen) atoms. The van der Waals surface area contributed by atoms with Crippen LogP contribution in [0.4, 0.5) is 0 Å². The number of carboxylic acids is 1. The molecule has 2 fully saturated rings. The monoisotopic (exact) mass is 225 g/mol. The largest absolute Gasteiger partial charge is 0.480 e. The van der Waals surface area contributed by atoms with Crippen LogP contribution in [0, 0.1) is 5.92 Å². The summed E-state index contributed by atoms with van der Waals surface area (Å²) < 4.78 is 0. The molecule has 0 radical (unpaired) electrons. The number of rotatable bonds is 2. The first-order valence-electron chi connectivity index (χ1n) is 6.59. The van der Waals surface area contributed by atoms with Gasteiger partial charge >= 0.3 is 5.97 Å². The SMILES string of the molecule is CC1CCCN1C1(C(=O)O)CCCCC1C. The first kappa shape index (κ1) is 11.9. The lowest BCUT2D eigenvalue weighted by Gasteiger charge is -2.47. The van der Waals surface area contributed by atoms with Crippen molar-refractivity contribution < 1.29 is 9.90 Å². The van der Waals surface area contributed by atoms with E-state index in [1.165, 1.54) is 6.42 Å². The summed E-state index contributed by atoms with van der Waals surface area (Å²) in [5, 5.41) is 9.70. The summed E-state index contributed by atoms with van der Waals surface area (Å²) in [6.07, 6.45) is 6.48. The second-order valence-electron chi connectivity index (χ2n) is 5.56. The van der Waals surface area contributed by atoms with E-state index in [0.29, 0.717) is 12.0 Å². The molecule has 0 aromatic carbocycles. The van der Waals surface area contributed by atoms with Gasteiger partial charge in [-0.1, -0.05) is 19.8 Å². The molecule has 3 unspecified atom stereocenters. The molecule has 0 bridgehead atoms. The lowest BCUT2D eigenvalue weighted by molar-refractivity contribution is -0.159. The van der Waals surface area contributed by atoms with Gasteiger partial charge in [-0.3, -0.25) is 9.69 Å². The molecule has 0 aromatic heterocycles. The number of carbonyl (C=O) groups is 1. The van der Waals surface area contributed by atoms with Gasteiger partial charge in [0.1, 0.15) is 5.54 Å². The minimum Gasteiger partial charge on any atom is -0.480 e. The molecule has 0 spiro atoms. The van der Waals surface area contributed by atoms with Crippen LogP contribution in [-0.4, -0.2) is 34.1 Å². The number of likely N-dealkylation sites (tertiary alicyclic amines) is 1. The third-order valence-corrected chi connectivity index (χ3v) is 4.70. The molecule has 1 heterocycles. The second-order valence-corrected chi connectivity index (χ2v) is 5.56. The molecular weight excluding hydrogens is 202 g/mol. The third kappa shape index (κ3) is 1.65. The smallest absolute Gasteiger partial charge is 0.324 e. The Kier molecular flexibility index (Phi) is 3.24. The van der Waals surface area contributed by atoms with Crippen molar-refractivity contribution in [2.75, 3.05) is 6.54 Å². The quantitative estimate of drug-likeness (QED) is 0.785. The van der Waals surface area contributed by atoms with Crippen molar-refractivity contribution in [3.8, 4) is 0 Å². The number of hydrogen-bond acceptors (Lipinski definition) is 2. The van der Waals surface area contributed by atoms with Gasteiger partial charge in [-0.15, -0.1) is 0 Å². The highest BCUT2D eigenvalue weighted by molar-refractivity contribution is 5.79. The maximum atomic E-state index is 11.8. The molecule has 3 heteroatoms. The van der Waals surface area contributed by atoms with Gasteiger partial charge in [0.2, 0.25) is 0 Å². The van der Waals surface area contributed by atoms with Gasteiger partial charge in [0.05, 0.1) is 0 Å². The minimum atomic E-state index is -0.589. The summed E-state index contributed by atoms with van der Waals surface area (Å²) >= 11 is 0. The van der Waals surface area contributed by atoms with Crippen molar-refractivity contribution in [2.45, 2.75) is 64.0 Å². The van der Waals surface area contributed by atoms with Gasteiger partial charge in [0.15, 0.2) is 0 Å². The van der Waals surface area contributed by atoms with Gasteiger partial charge < -0.3 is 5.11 Å². The molecule has 1 saturated carbocycles. The average molecular weight is 225 g/mol. The number of nitrogens with zero attached hydrogens (tertiary/aromatic N) is 1. The molecule has 3 nitrogen and oxygen atoms in total. The standard InChI is InChI=1S/C13H23NO2/c1-10-6-3-4-8-13(10,12(15)16)14-9-5-7-11(14)2/h10-11H,3-9H2,1-2H3,(H,15,16). The van der Waals surface area contributed by atoms with Gasteiger partial charge in [-0.05, 0) is 45.1 Å². The third-order valence-electron chi connectivity index (χ3n) is 4.70. The van der Waals surface area contributed by atoms with Crippen molar-refractivity contribution in [1.82, 2.24) is 4.90 Å². The molecule has 2 aliphatic rings. The van der Waals surface area contributed by atoms with E-state index in [2.05, 4.69) is 18.7 Å². The van der Waals surface area contributed by atoms with Gasteiger partial charge in [-0.2, -0.15) is 0 Å². The maximum absolute atomic E-state index is 11.8. The maximum Gasteiger partial charge on any atom is 0.324 e. The molecule has 1 N–H and O–H groups in total. The molecule has 92 valence electrons. The zero-order valence-electron chi connectivity index (χ0n) is 10.4. The highest BCUT2D eigenvalue weighted by Gasteiger charge is 2.51. The Hall–Kier alpha value is -0.570. The first-order valence-corrected chi connectivity index (χ1v) is 6.59. The Balaban J connectivity index is 2.30. The second kappa shape index (κ2) is 4.36. The molecule has 3 atom stereocenters. The molecule has 0 amide bonds. The van der Waals surface area contributed by atoms with E-state index in [0.717, 1.165) is 38.6 Å². The van der Waals surface area contributed by atoms with E-state index in [1.807, 2.05) is 0 Å². The van der Waals surface area contributed by atoms with E-state index in [9.17, 15) is 9.90 Å². The first-order chi connectivity index (χ1) is 7.59. The van der Waals surface area contributed by atoms with Gasteiger partial charge in [-0.25, -0.2) is 0 Å². The van der Waals surface area contributed by atoms with Crippen LogP contribution in [-0.2, 0) is 4.79 Å². The predicted octanol–water partition coefficient (Wildman–Crippen LogP) is 2.50. The van der Waals surface area contributed by atoms with Crippen molar-refractivity contribution in [2.24, 2.45) is 5.92 Å². The predicted molar refractivity (Wildman–Crippen MR) is 63.4 cm³/mol. The summed E-state index contributed by atoms with van der Waals surface area (Å²) in [5.74, 6) is -0.298. The van der Waals surface area contributed by atoms with E-state index >= 15 is 0 Å². The van der Waals surface area contributed by atoms with E-state index in [1.54, 1.807) is 0 Å². The van der Waals surface area contributed by atoms with Crippen LogP contribution in [0.25, 0.3) is 0 Å². The fourth-order valence-corrected chi connectivity index (χ4v) is 3.72. The molecule has 2 rings (SSSR count). The fourth-order valence-electron chi connectivity index (χ4n) is 3.72. The summed E-state index contributed by atoms with van der Waals surface area (Å²) in [7, 11) is 0. The molecular formula is C13H23NO2. The zero-order chi connectivity index (χ0) is 11.8. The van der Waals surface area contributed by atoms with Crippen LogP contribution < -0.4 is 0 Å². The Labute approximate surface area is 97.8 Å². The Morgan fingerprint density at radius 3 is 2.50 bits per heavy atom. The van der Waals surface area contributed by atoms with E-state index in [4.69, 9.17) is 0 Å². The molecule has 1 aliphatic heterocycles. The highest BCUT2D eigenvalue weighted by atomic mass is 16.4. The number of aliphatic carboxylic acids is 1. The summed E-state index contributed by atoms with van der Waals surface area (Å²) in [6, 6.07) is 0.441. The van der Waals surface area contributed by atoms with Crippen LogP contribution in [0.3, 0.4) is 0 Å². The summed E-state index contributed by atoms with van der Waals surface area (Å²) in [4.78, 5) is 14.1. The van der Waals surface area contributed by atoms with Crippen molar-refractivity contribution in [3.05, 3.63) is 0 Å². The van der Waals surface area contributed by atoms with Crippen molar-refractivity contribution in [1.29, 1.82) is 0 Å². The van der Waals surface area contributed by atoms with E-state index in [-0.39, 0.29) is 0 Å². The van der Waals surface area contributed by atoms with E-state index < -0.39 is 11.5 Å². The van der Waals surface area contributed by atoms with Crippen LogP contribution >= 0.6 is 0 Å². The minimum absolute atomic E-state index is 0.291. The number of carboxylic acid groups (broad SMARTS) is 1. The van der Waals surface area contributed by atoms with Crippen LogP contribution in [0.2, 0.25) is 0 Å². The normalized spacial score (nSPS) is 41.1. The highest BCUT2D eigenvalue weighted by Crippen LogP contribution is 2.42. The zero-order valence-corrected chi connectivity index (χ0v) is 10.4. The van der Waals surface area contributed by atoms with Gasteiger partial charge in [0.25, 0.3) is 0 Å². The fraction of sp³-hybridized carbons (Fsp3) is 0.923. The lowest BCUT2D eigenvalue weighted by Crippen LogP contribution is -2.61. The lowest BCUT2D eigenvalue weighted by atomic mass is 9.72.